The SMILES string of the molecule is CN(C(=O)C1=C[C@H]2OC3(Cc4ccccc4C3)O[C@H]2[C@H](OC(=O)c2ccc(C=COCCO)cc2)C1)[C@H](Cc1ccccc1)C(=O)N[C@H](CO)CCC(=O)OC(C)(C)C. The summed E-state index contributed by atoms with van der Waals surface area (Å²) in [5.74, 6) is -3.04. The molecule has 0 saturated carbocycles. The van der Waals surface area contributed by atoms with E-state index in [1.807, 2.05) is 54.6 Å². The van der Waals surface area contributed by atoms with Crippen molar-refractivity contribution in [1.82, 2.24) is 10.2 Å². The number of benzene rings is 3. The van der Waals surface area contributed by atoms with Gasteiger partial charge in [0.1, 0.15) is 36.6 Å². The van der Waals surface area contributed by atoms with E-state index in [1.165, 1.54) is 11.2 Å². The highest BCUT2D eigenvalue weighted by molar-refractivity contribution is 5.97. The van der Waals surface area contributed by atoms with E-state index in [9.17, 15) is 24.3 Å². The highest BCUT2D eigenvalue weighted by Gasteiger charge is 2.55. The summed E-state index contributed by atoms with van der Waals surface area (Å²) < 4.78 is 30.1. The average molecular weight is 811 g/mol. The Kier molecular flexibility index (Phi) is 14.0. The molecule has 1 heterocycles. The largest absolute Gasteiger partial charge is 0.499 e. The Morgan fingerprint density at radius 3 is 2.27 bits per heavy atom. The number of nitrogens with zero attached hydrogens (tertiary/aromatic N) is 1. The zero-order valence-electron chi connectivity index (χ0n) is 34.0. The van der Waals surface area contributed by atoms with Crippen LogP contribution in [-0.4, -0.2) is 108 Å². The molecule has 3 N–H and O–H groups in total. The number of aliphatic hydroxyl groups is 2. The van der Waals surface area contributed by atoms with Crippen molar-refractivity contribution >= 4 is 29.8 Å². The van der Waals surface area contributed by atoms with Gasteiger partial charge in [-0.15, -0.1) is 0 Å². The van der Waals surface area contributed by atoms with Crippen molar-refractivity contribution in [3.8, 4) is 0 Å². The number of hydrogen-bond donors (Lipinski definition) is 3. The van der Waals surface area contributed by atoms with Crippen molar-refractivity contribution in [3.05, 3.63) is 125 Å². The standard InChI is InChI=1S/C46H54N2O11/c1-45(2,3)58-40(51)19-18-36(29-50)47-42(52)37(24-31-10-6-5-7-11-31)48(4)43(53)35-25-38(56-44(54)32-16-14-30(15-17-32)20-22-55-23-21-49)41-39(26-35)57-46(59-41)27-33-12-8-9-13-34(33)28-46/h5-17,20,22,26,36-39,41,49-50H,18-19,21,23-25,27-29H2,1-4H3,(H,47,52)/t36-,37+,38+,39+,41-/m0/s1. The molecule has 59 heavy (non-hydrogen) atoms. The van der Waals surface area contributed by atoms with Crippen molar-refractivity contribution in [1.29, 1.82) is 0 Å². The van der Waals surface area contributed by atoms with Crippen LogP contribution in [0, 0.1) is 0 Å². The zero-order valence-corrected chi connectivity index (χ0v) is 34.0. The van der Waals surface area contributed by atoms with Crippen LogP contribution in [0.15, 0.2) is 96.8 Å². The lowest BCUT2D eigenvalue weighted by molar-refractivity contribution is -0.172. The summed E-state index contributed by atoms with van der Waals surface area (Å²) in [6.07, 6.45) is 3.80. The van der Waals surface area contributed by atoms with Crippen LogP contribution in [0.3, 0.4) is 0 Å². The molecular weight excluding hydrogens is 757 g/mol. The number of likely N-dealkylation sites (N-methyl/N-ethyl adjacent to an activating group) is 1. The first-order valence-electron chi connectivity index (χ1n) is 20.0. The fourth-order valence-corrected chi connectivity index (χ4v) is 7.64. The fourth-order valence-electron chi connectivity index (χ4n) is 7.64. The molecule has 3 aliphatic rings. The minimum atomic E-state index is -1.02. The third kappa shape index (κ3) is 11.2. The van der Waals surface area contributed by atoms with Crippen molar-refractivity contribution in [2.75, 3.05) is 26.9 Å². The van der Waals surface area contributed by atoms with Gasteiger partial charge in [0.05, 0.1) is 31.1 Å². The summed E-state index contributed by atoms with van der Waals surface area (Å²) in [5.41, 5.74) is 3.68. The molecular formula is C46H54N2O11. The van der Waals surface area contributed by atoms with Crippen LogP contribution in [0.5, 0.6) is 0 Å². The van der Waals surface area contributed by atoms with E-state index >= 15 is 0 Å². The predicted molar refractivity (Wildman–Crippen MR) is 218 cm³/mol. The van der Waals surface area contributed by atoms with Crippen molar-refractivity contribution in [2.24, 2.45) is 0 Å². The third-order valence-electron chi connectivity index (χ3n) is 10.5. The van der Waals surface area contributed by atoms with Gasteiger partial charge in [-0.3, -0.25) is 14.4 Å². The Balaban J connectivity index is 1.23. The van der Waals surface area contributed by atoms with Gasteiger partial charge in [0.25, 0.3) is 0 Å². The number of carbonyl (C=O) groups excluding carboxylic acids is 4. The van der Waals surface area contributed by atoms with Crippen LogP contribution in [-0.2, 0) is 57.3 Å². The van der Waals surface area contributed by atoms with E-state index < -0.39 is 72.1 Å². The number of nitrogens with one attached hydrogen (secondary N) is 1. The van der Waals surface area contributed by atoms with Gasteiger partial charge in [0.2, 0.25) is 11.8 Å². The molecule has 2 amide bonds. The smallest absolute Gasteiger partial charge is 0.338 e. The molecule has 0 aromatic heterocycles. The molecule has 3 aromatic rings. The topological polar surface area (TPSA) is 170 Å². The summed E-state index contributed by atoms with van der Waals surface area (Å²) in [6, 6.07) is 22.2. The second kappa shape index (κ2) is 19.2. The summed E-state index contributed by atoms with van der Waals surface area (Å²) in [5, 5.41) is 22.0. The Morgan fingerprint density at radius 1 is 0.949 bits per heavy atom. The summed E-state index contributed by atoms with van der Waals surface area (Å²) in [6.45, 7) is 4.93. The van der Waals surface area contributed by atoms with Crippen LogP contribution in [0.25, 0.3) is 6.08 Å². The van der Waals surface area contributed by atoms with Crippen molar-refractivity contribution in [3.63, 3.8) is 0 Å². The van der Waals surface area contributed by atoms with Gasteiger partial charge >= 0.3 is 11.9 Å². The minimum absolute atomic E-state index is 0.000313. The molecule has 3 aromatic carbocycles. The molecule has 13 nitrogen and oxygen atoms in total. The van der Waals surface area contributed by atoms with Crippen LogP contribution >= 0.6 is 0 Å². The Bertz CT molecular complexity index is 1980. The number of carbonyl (C=O) groups is 4. The first-order chi connectivity index (χ1) is 28.3. The number of fused-ring (bicyclic) bond motifs is 2. The molecule has 5 atom stereocenters. The predicted octanol–water partition coefficient (Wildman–Crippen LogP) is 4.47. The molecule has 1 spiro atoms. The van der Waals surface area contributed by atoms with E-state index in [4.69, 9.17) is 28.8 Å². The second-order valence-electron chi connectivity index (χ2n) is 16.2. The normalized spacial score (nSPS) is 20.2. The molecule has 2 aliphatic carbocycles. The van der Waals surface area contributed by atoms with Gasteiger partial charge in [-0.1, -0.05) is 66.7 Å². The molecule has 1 fully saturated rings. The molecule has 6 rings (SSSR count). The summed E-state index contributed by atoms with van der Waals surface area (Å²) in [7, 11) is 1.55. The van der Waals surface area contributed by atoms with E-state index in [1.54, 1.807) is 64.2 Å². The average Bonchev–Trinajstić information content (AvgIpc) is 3.77. The Morgan fingerprint density at radius 2 is 1.63 bits per heavy atom. The number of esters is 2. The van der Waals surface area contributed by atoms with Gasteiger partial charge in [-0.05, 0) is 73.7 Å². The van der Waals surface area contributed by atoms with Gasteiger partial charge in [-0.25, -0.2) is 4.79 Å². The van der Waals surface area contributed by atoms with Gasteiger partial charge in [-0.2, -0.15) is 0 Å². The van der Waals surface area contributed by atoms with Crippen molar-refractivity contribution < 1.29 is 53.1 Å². The van der Waals surface area contributed by atoms with Crippen LogP contribution in [0.1, 0.15) is 72.6 Å². The highest BCUT2D eigenvalue weighted by Crippen LogP contribution is 2.45. The van der Waals surface area contributed by atoms with E-state index in [2.05, 4.69) is 5.32 Å². The number of aliphatic hydroxyl groups excluding tert-OH is 2. The van der Waals surface area contributed by atoms with Crippen LogP contribution in [0.4, 0.5) is 0 Å². The molecule has 13 heteroatoms. The van der Waals surface area contributed by atoms with Crippen LogP contribution in [0.2, 0.25) is 0 Å². The fraction of sp³-hybridized carbons (Fsp3) is 0.435. The quantitative estimate of drug-likeness (QED) is 0.106. The molecule has 0 bridgehead atoms. The summed E-state index contributed by atoms with van der Waals surface area (Å²) in [4.78, 5) is 56.2. The molecule has 0 radical (unpaired) electrons. The number of rotatable bonds is 16. The minimum Gasteiger partial charge on any atom is -0.499 e. The lowest BCUT2D eigenvalue weighted by atomic mass is 9.90. The van der Waals surface area contributed by atoms with Crippen molar-refractivity contribution in [2.45, 2.75) is 101 Å². The monoisotopic (exact) mass is 810 g/mol. The van der Waals surface area contributed by atoms with E-state index in [0.717, 1.165) is 22.3 Å². The van der Waals surface area contributed by atoms with Gasteiger partial charge < -0.3 is 44.1 Å². The lowest BCUT2D eigenvalue weighted by Gasteiger charge is -2.34. The number of amides is 2. The van der Waals surface area contributed by atoms with Gasteiger partial charge in [0.15, 0.2) is 5.79 Å². The molecule has 314 valence electrons. The zero-order chi connectivity index (χ0) is 42.2. The first-order valence-corrected chi connectivity index (χ1v) is 20.0. The lowest BCUT2D eigenvalue weighted by Crippen LogP contribution is -2.53. The number of hydrogen-bond acceptors (Lipinski definition) is 11. The second-order valence-corrected chi connectivity index (χ2v) is 16.2. The first kappa shape index (κ1) is 43.2. The van der Waals surface area contributed by atoms with E-state index in [-0.39, 0.29) is 38.9 Å². The van der Waals surface area contributed by atoms with Crippen LogP contribution < -0.4 is 5.32 Å². The highest BCUT2D eigenvalue weighted by atomic mass is 16.8. The van der Waals surface area contributed by atoms with Gasteiger partial charge in [0, 0.05) is 44.7 Å². The van der Waals surface area contributed by atoms with E-state index in [0.29, 0.717) is 24.0 Å². The maximum atomic E-state index is 14.6. The number of ether oxygens (including phenoxy) is 5. The molecule has 1 saturated heterocycles. The third-order valence-corrected chi connectivity index (χ3v) is 10.5. The molecule has 0 unspecified atom stereocenters. The summed E-state index contributed by atoms with van der Waals surface area (Å²) >= 11 is 0. The Hall–Kier alpha value is -5.34. The molecule has 1 aliphatic heterocycles. The maximum Gasteiger partial charge on any atom is 0.338 e. The maximum absolute atomic E-state index is 14.6. The Labute approximate surface area is 344 Å².